The van der Waals surface area contributed by atoms with E-state index < -0.39 is 0 Å². The molecule has 0 aliphatic carbocycles. The molecule has 36 heavy (non-hydrogen) atoms. The lowest BCUT2D eigenvalue weighted by molar-refractivity contribution is 0.352. The molecule has 0 radical (unpaired) electrons. The van der Waals surface area contributed by atoms with Crippen molar-refractivity contribution < 1.29 is 28.4 Å². The largest absolute Gasteiger partial charge is 0.496 e. The molecular weight excluding hydrogens is 728 g/mol. The zero-order valence-corrected chi connectivity index (χ0v) is 27.0. The SMILES string of the molecule is COc1cc(Cc2cc(OC)c(OC)c(Br)c2Br)c(OC)cc1Cc1cc(OC)c(OC)c(Br)c1Br. The van der Waals surface area contributed by atoms with Crippen molar-refractivity contribution in [1.29, 1.82) is 0 Å². The highest BCUT2D eigenvalue weighted by molar-refractivity contribution is 9.13. The summed E-state index contributed by atoms with van der Waals surface area (Å²) >= 11 is 14.6. The van der Waals surface area contributed by atoms with Crippen LogP contribution in [0.15, 0.2) is 42.2 Å². The van der Waals surface area contributed by atoms with Crippen LogP contribution in [0.2, 0.25) is 0 Å². The molecule has 0 bridgehead atoms. The molecule has 0 saturated carbocycles. The number of hydrogen-bond donors (Lipinski definition) is 0. The van der Waals surface area contributed by atoms with E-state index in [1.54, 1.807) is 42.7 Å². The van der Waals surface area contributed by atoms with E-state index in [0.717, 1.165) is 51.6 Å². The first-order valence-corrected chi connectivity index (χ1v) is 13.8. The van der Waals surface area contributed by atoms with Crippen LogP contribution in [-0.4, -0.2) is 42.7 Å². The number of ether oxygens (including phenoxy) is 6. The van der Waals surface area contributed by atoms with Gasteiger partial charge in [-0.05, 0) is 99.1 Å². The average Bonchev–Trinajstić information content (AvgIpc) is 2.89. The van der Waals surface area contributed by atoms with Crippen LogP contribution in [0.5, 0.6) is 34.5 Å². The van der Waals surface area contributed by atoms with Crippen LogP contribution in [0.3, 0.4) is 0 Å². The molecule has 194 valence electrons. The molecule has 0 amide bonds. The molecule has 0 saturated heterocycles. The first-order chi connectivity index (χ1) is 17.2. The van der Waals surface area contributed by atoms with Gasteiger partial charge in [-0.25, -0.2) is 0 Å². The molecule has 10 heteroatoms. The quantitative estimate of drug-likeness (QED) is 0.210. The van der Waals surface area contributed by atoms with Gasteiger partial charge in [0, 0.05) is 32.9 Å². The zero-order valence-electron chi connectivity index (χ0n) is 20.7. The summed E-state index contributed by atoms with van der Waals surface area (Å²) < 4.78 is 37.0. The van der Waals surface area contributed by atoms with Crippen molar-refractivity contribution in [2.75, 3.05) is 42.7 Å². The van der Waals surface area contributed by atoms with Crippen molar-refractivity contribution in [1.82, 2.24) is 0 Å². The smallest absolute Gasteiger partial charge is 0.176 e. The Morgan fingerprint density at radius 2 is 0.722 bits per heavy atom. The van der Waals surface area contributed by atoms with Gasteiger partial charge in [0.15, 0.2) is 23.0 Å². The molecular formula is C26H26Br4O6. The van der Waals surface area contributed by atoms with Gasteiger partial charge in [0.25, 0.3) is 0 Å². The predicted octanol–water partition coefficient (Wildman–Crippen LogP) is 7.97. The van der Waals surface area contributed by atoms with Crippen molar-refractivity contribution in [3.63, 3.8) is 0 Å². The second-order valence-corrected chi connectivity index (χ2v) is 10.8. The van der Waals surface area contributed by atoms with Gasteiger partial charge in [0.1, 0.15) is 11.5 Å². The number of halogens is 4. The normalized spacial score (nSPS) is 10.7. The van der Waals surface area contributed by atoms with Gasteiger partial charge in [0.2, 0.25) is 0 Å². The lowest BCUT2D eigenvalue weighted by atomic mass is 9.97. The fraction of sp³-hybridized carbons (Fsp3) is 0.308. The maximum atomic E-state index is 5.80. The van der Waals surface area contributed by atoms with Crippen LogP contribution in [0.25, 0.3) is 0 Å². The molecule has 3 rings (SSSR count). The van der Waals surface area contributed by atoms with Gasteiger partial charge in [-0.3, -0.25) is 0 Å². The highest BCUT2D eigenvalue weighted by Gasteiger charge is 2.21. The highest BCUT2D eigenvalue weighted by atomic mass is 79.9. The van der Waals surface area contributed by atoms with Gasteiger partial charge in [0.05, 0.1) is 51.6 Å². The van der Waals surface area contributed by atoms with Crippen molar-refractivity contribution in [3.8, 4) is 34.5 Å². The molecule has 3 aromatic carbocycles. The number of methoxy groups -OCH3 is 6. The van der Waals surface area contributed by atoms with Crippen LogP contribution < -0.4 is 28.4 Å². The van der Waals surface area contributed by atoms with Crippen molar-refractivity contribution in [2.45, 2.75) is 12.8 Å². The molecule has 6 nitrogen and oxygen atoms in total. The summed E-state index contributed by atoms with van der Waals surface area (Å²) in [5.41, 5.74) is 3.93. The molecule has 0 unspecified atom stereocenters. The van der Waals surface area contributed by atoms with Gasteiger partial charge in [-0.1, -0.05) is 0 Å². The van der Waals surface area contributed by atoms with Crippen molar-refractivity contribution >= 4 is 63.7 Å². The summed E-state index contributed by atoms with van der Waals surface area (Å²) in [5, 5.41) is 0. The van der Waals surface area contributed by atoms with Gasteiger partial charge >= 0.3 is 0 Å². The maximum absolute atomic E-state index is 5.80. The fourth-order valence-corrected chi connectivity index (χ4v) is 6.02. The summed E-state index contributed by atoms with van der Waals surface area (Å²) in [7, 11) is 9.78. The first-order valence-electron chi connectivity index (χ1n) is 10.7. The molecule has 0 aliphatic heterocycles. The third-order valence-electron chi connectivity index (χ3n) is 5.70. The number of hydrogen-bond acceptors (Lipinski definition) is 6. The monoisotopic (exact) mass is 750 g/mol. The lowest BCUT2D eigenvalue weighted by Crippen LogP contribution is -2.03. The number of benzene rings is 3. The minimum Gasteiger partial charge on any atom is -0.496 e. The first kappa shape index (κ1) is 28.9. The Bertz CT molecular complexity index is 1170. The standard InChI is InChI=1S/C26H26Br4O6/c1-31-17-9-14(8-16-12-20(34-4)26(36-6)24(30)22(16)28)18(32-2)10-13(17)7-15-11-19(33-3)25(35-5)23(29)21(15)27/h9-12H,7-8H2,1-6H3. The van der Waals surface area contributed by atoms with E-state index in [2.05, 4.69) is 63.7 Å². The van der Waals surface area contributed by atoms with Crippen LogP contribution >= 0.6 is 63.7 Å². The third kappa shape index (κ3) is 5.76. The molecule has 0 fully saturated rings. The fourth-order valence-electron chi connectivity index (χ4n) is 3.92. The average molecular weight is 754 g/mol. The Balaban J connectivity index is 2.06. The summed E-state index contributed by atoms with van der Waals surface area (Å²) in [6, 6.07) is 7.92. The molecule has 3 aromatic rings. The second-order valence-electron chi connectivity index (χ2n) is 7.63. The summed E-state index contributed by atoms with van der Waals surface area (Å²) in [4.78, 5) is 0. The Labute approximate surface area is 245 Å². The van der Waals surface area contributed by atoms with E-state index in [9.17, 15) is 0 Å². The van der Waals surface area contributed by atoms with E-state index in [-0.39, 0.29) is 0 Å². The van der Waals surface area contributed by atoms with Crippen LogP contribution in [0, 0.1) is 0 Å². The molecule has 0 spiro atoms. The van der Waals surface area contributed by atoms with E-state index in [1.165, 1.54) is 0 Å². The molecule has 0 atom stereocenters. The summed E-state index contributed by atoms with van der Waals surface area (Å²) in [6.07, 6.45) is 1.15. The Hall–Kier alpha value is -1.62. The van der Waals surface area contributed by atoms with Gasteiger partial charge in [-0.2, -0.15) is 0 Å². The maximum Gasteiger partial charge on any atom is 0.176 e. The topological polar surface area (TPSA) is 55.4 Å². The van der Waals surface area contributed by atoms with E-state index in [1.807, 2.05) is 24.3 Å². The van der Waals surface area contributed by atoms with Crippen molar-refractivity contribution in [2.24, 2.45) is 0 Å². The van der Waals surface area contributed by atoms with Crippen LogP contribution in [0.4, 0.5) is 0 Å². The Morgan fingerprint density at radius 1 is 0.417 bits per heavy atom. The Morgan fingerprint density at radius 3 is 1.00 bits per heavy atom. The summed E-state index contributed by atoms with van der Waals surface area (Å²) in [5.74, 6) is 4.01. The van der Waals surface area contributed by atoms with Crippen LogP contribution in [0.1, 0.15) is 22.3 Å². The van der Waals surface area contributed by atoms with Gasteiger partial charge in [-0.15, -0.1) is 0 Å². The minimum absolute atomic E-state index is 0.574. The molecule has 0 N–H and O–H groups in total. The van der Waals surface area contributed by atoms with E-state index >= 15 is 0 Å². The lowest BCUT2D eigenvalue weighted by Gasteiger charge is -2.19. The van der Waals surface area contributed by atoms with E-state index in [4.69, 9.17) is 28.4 Å². The molecule has 0 heterocycles. The van der Waals surface area contributed by atoms with Gasteiger partial charge < -0.3 is 28.4 Å². The van der Waals surface area contributed by atoms with E-state index in [0.29, 0.717) is 35.8 Å². The van der Waals surface area contributed by atoms with Crippen LogP contribution in [-0.2, 0) is 12.8 Å². The summed E-state index contributed by atoms with van der Waals surface area (Å²) in [6.45, 7) is 0. The number of rotatable bonds is 10. The minimum atomic E-state index is 0.574. The highest BCUT2D eigenvalue weighted by Crippen LogP contribution is 2.45. The Kier molecular flexibility index (Phi) is 10.3. The molecule has 0 aromatic heterocycles. The second kappa shape index (κ2) is 12.8. The predicted molar refractivity (Wildman–Crippen MR) is 155 cm³/mol. The van der Waals surface area contributed by atoms with Crippen molar-refractivity contribution in [3.05, 3.63) is 64.4 Å². The third-order valence-corrected chi connectivity index (χ3v) is 10.1. The zero-order chi connectivity index (χ0) is 26.6. The molecule has 0 aliphatic rings.